The average molecular weight is 404 g/mol. The van der Waals surface area contributed by atoms with Gasteiger partial charge >= 0.3 is 0 Å². The smallest absolute Gasteiger partial charge is 0.227 e. The van der Waals surface area contributed by atoms with E-state index in [2.05, 4.69) is 4.90 Å². The zero-order valence-electron chi connectivity index (χ0n) is 14.9. The van der Waals surface area contributed by atoms with Crippen molar-refractivity contribution >= 4 is 44.2 Å². The second kappa shape index (κ2) is 7.44. The molecule has 1 aliphatic rings. The van der Waals surface area contributed by atoms with Crippen LogP contribution in [0.5, 0.6) is 0 Å². The Bertz CT molecular complexity index is 942. The molecule has 0 bridgehead atoms. The minimum absolute atomic E-state index is 0.0736. The summed E-state index contributed by atoms with van der Waals surface area (Å²) in [4.78, 5) is 21.3. The lowest BCUT2D eigenvalue weighted by Crippen LogP contribution is -2.49. The molecule has 0 N–H and O–H groups in total. The molecule has 0 atom stereocenters. The number of aryl methyl sites for hydroxylation is 1. The molecule has 0 saturated carbocycles. The number of nitrogens with zero attached hydrogens (tertiary/aromatic N) is 3. The summed E-state index contributed by atoms with van der Waals surface area (Å²) in [7, 11) is 0. The maximum absolute atomic E-state index is 13.0. The SMILES string of the molecule is Cc1ccc(Cl)c2sc(N3CCN(C(=O)Cc4ccc(F)cc4)CC3)nc12. The zero-order valence-corrected chi connectivity index (χ0v) is 16.5. The number of amides is 1. The fraction of sp³-hybridized carbons (Fsp3) is 0.300. The number of aromatic nitrogens is 1. The number of halogens is 2. The van der Waals surface area contributed by atoms with E-state index in [1.807, 2.05) is 24.0 Å². The third-order valence-electron chi connectivity index (χ3n) is 4.86. The van der Waals surface area contributed by atoms with Crippen LogP contribution in [0, 0.1) is 12.7 Å². The first-order valence-corrected chi connectivity index (χ1v) is 10.0. The molecule has 0 unspecified atom stereocenters. The molecule has 0 aliphatic carbocycles. The van der Waals surface area contributed by atoms with Crippen LogP contribution in [-0.4, -0.2) is 42.0 Å². The molecule has 4 nitrogen and oxygen atoms in total. The van der Waals surface area contributed by atoms with Crippen LogP contribution in [0.4, 0.5) is 9.52 Å². The first-order chi connectivity index (χ1) is 13.0. The molecule has 7 heteroatoms. The molecule has 0 spiro atoms. The topological polar surface area (TPSA) is 36.4 Å². The Morgan fingerprint density at radius 2 is 1.85 bits per heavy atom. The summed E-state index contributed by atoms with van der Waals surface area (Å²) < 4.78 is 14.0. The predicted octanol–water partition coefficient (Wildman–Crippen LogP) is 4.29. The summed E-state index contributed by atoms with van der Waals surface area (Å²) in [5.41, 5.74) is 2.91. The van der Waals surface area contributed by atoms with Crippen LogP contribution in [0.3, 0.4) is 0 Å². The number of hydrogen-bond acceptors (Lipinski definition) is 4. The molecule has 1 fully saturated rings. The van der Waals surface area contributed by atoms with Crippen LogP contribution in [0.15, 0.2) is 36.4 Å². The molecule has 1 aliphatic heterocycles. The normalized spacial score (nSPS) is 14.8. The molecular formula is C20H19ClFN3OS. The van der Waals surface area contributed by atoms with Crippen LogP contribution < -0.4 is 4.90 Å². The van der Waals surface area contributed by atoms with E-state index in [0.29, 0.717) is 19.5 Å². The van der Waals surface area contributed by atoms with E-state index >= 15 is 0 Å². The number of benzene rings is 2. The van der Waals surface area contributed by atoms with Gasteiger partial charge in [-0.05, 0) is 36.2 Å². The Labute approximate surface area is 166 Å². The largest absolute Gasteiger partial charge is 0.345 e. The van der Waals surface area contributed by atoms with Crippen molar-refractivity contribution in [1.82, 2.24) is 9.88 Å². The molecule has 140 valence electrons. The van der Waals surface area contributed by atoms with E-state index in [1.54, 1.807) is 23.5 Å². The summed E-state index contributed by atoms with van der Waals surface area (Å²) in [6.45, 7) is 4.83. The second-order valence-corrected chi connectivity index (χ2v) is 8.09. The molecule has 1 amide bonds. The fourth-order valence-electron chi connectivity index (χ4n) is 3.26. The number of thiazole rings is 1. The maximum Gasteiger partial charge on any atom is 0.227 e. The first kappa shape index (κ1) is 18.2. The van der Waals surface area contributed by atoms with Gasteiger partial charge in [0.05, 0.1) is 21.7 Å². The van der Waals surface area contributed by atoms with Gasteiger partial charge in [0.25, 0.3) is 0 Å². The van der Waals surface area contributed by atoms with E-state index in [0.717, 1.165) is 44.6 Å². The highest BCUT2D eigenvalue weighted by molar-refractivity contribution is 7.22. The highest BCUT2D eigenvalue weighted by Gasteiger charge is 2.23. The van der Waals surface area contributed by atoms with Crippen molar-refractivity contribution in [3.8, 4) is 0 Å². The third-order valence-corrected chi connectivity index (χ3v) is 6.43. The van der Waals surface area contributed by atoms with Crippen molar-refractivity contribution in [3.63, 3.8) is 0 Å². The number of carbonyl (C=O) groups is 1. The van der Waals surface area contributed by atoms with Crippen molar-refractivity contribution in [1.29, 1.82) is 0 Å². The van der Waals surface area contributed by atoms with Crippen molar-refractivity contribution in [2.45, 2.75) is 13.3 Å². The summed E-state index contributed by atoms with van der Waals surface area (Å²) in [6, 6.07) is 10.0. The van der Waals surface area contributed by atoms with Gasteiger partial charge in [-0.2, -0.15) is 0 Å². The van der Waals surface area contributed by atoms with Gasteiger partial charge in [0.1, 0.15) is 5.82 Å². The minimum atomic E-state index is -0.286. The first-order valence-electron chi connectivity index (χ1n) is 8.84. The van der Waals surface area contributed by atoms with Crippen LogP contribution >= 0.6 is 22.9 Å². The van der Waals surface area contributed by atoms with Gasteiger partial charge in [0.2, 0.25) is 5.91 Å². The number of piperazine rings is 1. The van der Waals surface area contributed by atoms with Crippen LogP contribution in [0.25, 0.3) is 10.2 Å². The number of anilines is 1. The molecule has 2 heterocycles. The summed E-state index contributed by atoms with van der Waals surface area (Å²) in [5, 5.41) is 1.68. The molecule has 1 saturated heterocycles. The molecule has 1 aromatic heterocycles. The summed E-state index contributed by atoms with van der Waals surface area (Å²) in [6.07, 6.45) is 0.302. The van der Waals surface area contributed by atoms with Crippen molar-refractivity contribution in [2.24, 2.45) is 0 Å². The van der Waals surface area contributed by atoms with Gasteiger partial charge in [0, 0.05) is 26.2 Å². The van der Waals surface area contributed by atoms with Crippen molar-refractivity contribution < 1.29 is 9.18 Å². The minimum Gasteiger partial charge on any atom is -0.345 e. The highest BCUT2D eigenvalue weighted by Crippen LogP contribution is 2.35. The number of hydrogen-bond donors (Lipinski definition) is 0. The van der Waals surface area contributed by atoms with Gasteiger partial charge in [0.15, 0.2) is 5.13 Å². The maximum atomic E-state index is 13.0. The van der Waals surface area contributed by atoms with E-state index in [9.17, 15) is 9.18 Å². The van der Waals surface area contributed by atoms with Gasteiger partial charge < -0.3 is 9.80 Å². The van der Waals surface area contributed by atoms with E-state index in [1.165, 1.54) is 12.1 Å². The number of rotatable bonds is 3. The monoisotopic (exact) mass is 403 g/mol. The van der Waals surface area contributed by atoms with Crippen molar-refractivity contribution in [2.75, 3.05) is 31.1 Å². The Balaban J connectivity index is 1.41. The number of fused-ring (bicyclic) bond motifs is 1. The van der Waals surface area contributed by atoms with E-state index in [4.69, 9.17) is 16.6 Å². The quantitative estimate of drug-likeness (QED) is 0.654. The fourth-order valence-corrected chi connectivity index (χ4v) is 4.63. The van der Waals surface area contributed by atoms with Crippen LogP contribution in [-0.2, 0) is 11.2 Å². The Kier molecular flexibility index (Phi) is 5.02. The van der Waals surface area contributed by atoms with Crippen LogP contribution in [0.2, 0.25) is 5.02 Å². The molecule has 27 heavy (non-hydrogen) atoms. The summed E-state index contributed by atoms with van der Waals surface area (Å²) >= 11 is 7.91. The summed E-state index contributed by atoms with van der Waals surface area (Å²) in [5.74, 6) is -0.213. The number of carbonyl (C=O) groups excluding carboxylic acids is 1. The Morgan fingerprint density at radius 1 is 1.15 bits per heavy atom. The van der Waals surface area contributed by atoms with Gasteiger partial charge in [-0.15, -0.1) is 0 Å². The van der Waals surface area contributed by atoms with Gasteiger partial charge in [-0.3, -0.25) is 4.79 Å². The lowest BCUT2D eigenvalue weighted by Gasteiger charge is -2.34. The standard InChI is InChI=1S/C20H19ClFN3OS/c1-13-2-7-16(21)19-18(13)23-20(27-19)25-10-8-24(9-11-25)17(26)12-14-3-5-15(22)6-4-14/h2-7H,8-12H2,1H3. The van der Waals surface area contributed by atoms with Crippen molar-refractivity contribution in [3.05, 3.63) is 58.4 Å². The highest BCUT2D eigenvalue weighted by atomic mass is 35.5. The Hall–Kier alpha value is -2.18. The molecule has 4 rings (SSSR count). The van der Waals surface area contributed by atoms with Crippen LogP contribution in [0.1, 0.15) is 11.1 Å². The molecule has 2 aromatic carbocycles. The third kappa shape index (κ3) is 3.77. The zero-order chi connectivity index (χ0) is 19.0. The molecule has 3 aromatic rings. The molecular weight excluding hydrogens is 385 g/mol. The lowest BCUT2D eigenvalue weighted by atomic mass is 10.1. The van der Waals surface area contributed by atoms with E-state index in [-0.39, 0.29) is 11.7 Å². The second-order valence-electron chi connectivity index (χ2n) is 6.71. The molecule has 0 radical (unpaired) electrons. The Morgan fingerprint density at radius 3 is 2.52 bits per heavy atom. The predicted molar refractivity (Wildman–Crippen MR) is 108 cm³/mol. The lowest BCUT2D eigenvalue weighted by molar-refractivity contribution is -0.130. The van der Waals surface area contributed by atoms with Gasteiger partial charge in [-0.1, -0.05) is 41.1 Å². The average Bonchev–Trinajstić information content (AvgIpc) is 3.14. The van der Waals surface area contributed by atoms with E-state index < -0.39 is 0 Å². The van der Waals surface area contributed by atoms with Gasteiger partial charge in [-0.25, -0.2) is 9.37 Å².